The lowest BCUT2D eigenvalue weighted by atomic mass is 10.0. The average molecular weight is 401 g/mol. The fraction of sp³-hybridized carbons (Fsp3) is 0.636. The molecule has 1 aromatic carbocycles. The molecule has 0 aromatic heterocycles. The Morgan fingerprint density at radius 1 is 0.966 bits per heavy atom. The molecule has 3 aliphatic rings. The number of anilines is 1. The van der Waals surface area contributed by atoms with Gasteiger partial charge in [-0.3, -0.25) is 14.5 Å². The molecule has 7 heteroatoms. The summed E-state index contributed by atoms with van der Waals surface area (Å²) in [5.74, 6) is 0.468. The molecule has 4 rings (SSSR count). The van der Waals surface area contributed by atoms with Crippen molar-refractivity contribution in [2.75, 3.05) is 70.5 Å². The number of rotatable bonds is 5. The van der Waals surface area contributed by atoms with Crippen molar-refractivity contribution in [3.63, 3.8) is 0 Å². The third-order valence-electron chi connectivity index (χ3n) is 6.33. The first-order chi connectivity index (χ1) is 14.2. The number of hydrogen-bond acceptors (Lipinski definition) is 5. The van der Waals surface area contributed by atoms with E-state index in [9.17, 15) is 9.59 Å². The number of amides is 2. The van der Waals surface area contributed by atoms with E-state index in [1.165, 1.54) is 0 Å². The van der Waals surface area contributed by atoms with Gasteiger partial charge in [-0.15, -0.1) is 0 Å². The minimum Gasteiger partial charge on any atom is -0.378 e. The molecule has 0 N–H and O–H groups in total. The first-order valence-electron chi connectivity index (χ1n) is 10.9. The van der Waals surface area contributed by atoms with Gasteiger partial charge in [-0.05, 0) is 25.0 Å². The maximum atomic E-state index is 13.1. The van der Waals surface area contributed by atoms with E-state index in [1.807, 2.05) is 40.1 Å². The monoisotopic (exact) mass is 400 g/mol. The number of benzene rings is 1. The number of carbonyl (C=O) groups is 2. The number of morpholine rings is 1. The van der Waals surface area contributed by atoms with Crippen LogP contribution in [0.2, 0.25) is 0 Å². The van der Waals surface area contributed by atoms with Crippen LogP contribution in [0.1, 0.15) is 19.3 Å². The fourth-order valence-corrected chi connectivity index (χ4v) is 4.58. The lowest BCUT2D eigenvalue weighted by Gasteiger charge is -2.42. The molecular weight excluding hydrogens is 368 g/mol. The van der Waals surface area contributed by atoms with Crippen LogP contribution in [0, 0.1) is 0 Å². The molecule has 0 unspecified atom stereocenters. The lowest BCUT2D eigenvalue weighted by molar-refractivity contribution is -0.135. The smallest absolute Gasteiger partial charge is 0.244 e. The Hall–Kier alpha value is -1.96. The molecule has 158 valence electrons. The highest BCUT2D eigenvalue weighted by Gasteiger charge is 2.35. The Labute approximate surface area is 173 Å². The van der Waals surface area contributed by atoms with Gasteiger partial charge < -0.3 is 19.4 Å². The predicted molar refractivity (Wildman–Crippen MR) is 112 cm³/mol. The summed E-state index contributed by atoms with van der Waals surface area (Å²) in [7, 11) is 0. The summed E-state index contributed by atoms with van der Waals surface area (Å²) in [6, 6.07) is 9.99. The standard InChI is InChI=1S/C22H32N4O3/c27-21(25-15-17-29-18-16-25)8-10-23-11-13-24(14-12-23)20-7-4-9-26(22(20)28)19-5-2-1-3-6-19/h1-3,5-6,20H,4,7-18H2/t20-/m1/s1. The van der Waals surface area contributed by atoms with E-state index in [1.54, 1.807) is 0 Å². The topological polar surface area (TPSA) is 56.3 Å². The van der Waals surface area contributed by atoms with E-state index < -0.39 is 0 Å². The second-order valence-electron chi connectivity index (χ2n) is 8.10. The highest BCUT2D eigenvalue weighted by atomic mass is 16.5. The van der Waals surface area contributed by atoms with Crippen LogP contribution >= 0.6 is 0 Å². The third-order valence-corrected chi connectivity index (χ3v) is 6.33. The Balaban J connectivity index is 1.24. The summed E-state index contributed by atoms with van der Waals surface area (Å²) in [6.07, 6.45) is 2.56. The van der Waals surface area contributed by atoms with Crippen LogP contribution in [0.3, 0.4) is 0 Å². The minimum atomic E-state index is -0.0129. The number of para-hydroxylation sites is 1. The largest absolute Gasteiger partial charge is 0.378 e. The molecule has 3 saturated heterocycles. The van der Waals surface area contributed by atoms with E-state index in [2.05, 4.69) is 9.80 Å². The molecule has 3 fully saturated rings. The third kappa shape index (κ3) is 4.97. The van der Waals surface area contributed by atoms with E-state index in [-0.39, 0.29) is 17.9 Å². The van der Waals surface area contributed by atoms with Gasteiger partial charge in [0.05, 0.1) is 19.3 Å². The molecule has 0 radical (unpaired) electrons. The Kier molecular flexibility index (Phi) is 6.79. The van der Waals surface area contributed by atoms with Crippen LogP contribution in [0.4, 0.5) is 5.69 Å². The van der Waals surface area contributed by atoms with Gasteiger partial charge in [0.2, 0.25) is 11.8 Å². The van der Waals surface area contributed by atoms with Gasteiger partial charge in [-0.1, -0.05) is 18.2 Å². The van der Waals surface area contributed by atoms with Crippen LogP contribution in [-0.2, 0) is 14.3 Å². The van der Waals surface area contributed by atoms with Crippen LogP contribution in [0.5, 0.6) is 0 Å². The van der Waals surface area contributed by atoms with Crippen molar-refractivity contribution in [1.82, 2.24) is 14.7 Å². The van der Waals surface area contributed by atoms with Crippen molar-refractivity contribution >= 4 is 17.5 Å². The van der Waals surface area contributed by atoms with Crippen molar-refractivity contribution in [1.29, 1.82) is 0 Å². The van der Waals surface area contributed by atoms with Gasteiger partial charge in [0.15, 0.2) is 0 Å². The molecule has 29 heavy (non-hydrogen) atoms. The second-order valence-corrected chi connectivity index (χ2v) is 8.10. The number of nitrogens with zero attached hydrogens (tertiary/aromatic N) is 4. The molecule has 0 spiro atoms. The zero-order valence-electron chi connectivity index (χ0n) is 17.2. The fourth-order valence-electron chi connectivity index (χ4n) is 4.58. The zero-order chi connectivity index (χ0) is 20.1. The quantitative estimate of drug-likeness (QED) is 0.740. The Morgan fingerprint density at radius 2 is 1.69 bits per heavy atom. The molecule has 0 aliphatic carbocycles. The van der Waals surface area contributed by atoms with Crippen LogP contribution in [0.15, 0.2) is 30.3 Å². The van der Waals surface area contributed by atoms with Gasteiger partial charge in [-0.2, -0.15) is 0 Å². The van der Waals surface area contributed by atoms with Crippen molar-refractivity contribution in [3.8, 4) is 0 Å². The first kappa shape index (κ1) is 20.3. The summed E-state index contributed by atoms with van der Waals surface area (Å²) < 4.78 is 5.32. The molecule has 1 atom stereocenters. The highest BCUT2D eigenvalue weighted by Crippen LogP contribution is 2.24. The number of piperazine rings is 1. The molecule has 3 heterocycles. The van der Waals surface area contributed by atoms with Crippen LogP contribution < -0.4 is 4.90 Å². The Bertz CT molecular complexity index is 685. The van der Waals surface area contributed by atoms with E-state index in [0.29, 0.717) is 32.7 Å². The lowest BCUT2D eigenvalue weighted by Crippen LogP contribution is -2.58. The summed E-state index contributed by atoms with van der Waals surface area (Å²) in [6.45, 7) is 7.98. The molecule has 3 aliphatic heterocycles. The first-order valence-corrected chi connectivity index (χ1v) is 10.9. The van der Waals surface area contributed by atoms with Crippen molar-refractivity contribution < 1.29 is 14.3 Å². The van der Waals surface area contributed by atoms with Crippen LogP contribution in [0.25, 0.3) is 0 Å². The second kappa shape index (κ2) is 9.69. The molecule has 0 saturated carbocycles. The normalized spacial score (nSPS) is 24.7. The molecule has 7 nitrogen and oxygen atoms in total. The van der Waals surface area contributed by atoms with Gasteiger partial charge in [0, 0.05) is 64.5 Å². The molecule has 1 aromatic rings. The van der Waals surface area contributed by atoms with Gasteiger partial charge in [0.1, 0.15) is 0 Å². The molecule has 2 amide bonds. The van der Waals surface area contributed by atoms with Gasteiger partial charge in [-0.25, -0.2) is 0 Å². The van der Waals surface area contributed by atoms with Gasteiger partial charge >= 0.3 is 0 Å². The summed E-state index contributed by atoms with van der Waals surface area (Å²) in [5.41, 5.74) is 1.00. The van der Waals surface area contributed by atoms with E-state index in [4.69, 9.17) is 4.74 Å². The summed E-state index contributed by atoms with van der Waals surface area (Å²) >= 11 is 0. The van der Waals surface area contributed by atoms with E-state index in [0.717, 1.165) is 57.8 Å². The molecular formula is C22H32N4O3. The SMILES string of the molecule is O=C(CCN1CCN([C@@H]2CCCN(c3ccccc3)C2=O)CC1)N1CCOCC1. The summed E-state index contributed by atoms with van der Waals surface area (Å²) in [4.78, 5) is 34.0. The predicted octanol–water partition coefficient (Wildman–Crippen LogP) is 1.05. The van der Waals surface area contributed by atoms with E-state index >= 15 is 0 Å². The molecule has 0 bridgehead atoms. The van der Waals surface area contributed by atoms with Gasteiger partial charge in [0.25, 0.3) is 0 Å². The van der Waals surface area contributed by atoms with Crippen molar-refractivity contribution in [2.45, 2.75) is 25.3 Å². The zero-order valence-corrected chi connectivity index (χ0v) is 17.2. The number of ether oxygens (including phenoxy) is 1. The Morgan fingerprint density at radius 3 is 2.41 bits per heavy atom. The maximum Gasteiger partial charge on any atom is 0.244 e. The minimum absolute atomic E-state index is 0.0129. The summed E-state index contributed by atoms with van der Waals surface area (Å²) in [5, 5.41) is 0. The number of piperidine rings is 1. The van der Waals surface area contributed by atoms with Crippen molar-refractivity contribution in [3.05, 3.63) is 30.3 Å². The maximum absolute atomic E-state index is 13.1. The van der Waals surface area contributed by atoms with Crippen LogP contribution in [-0.4, -0.2) is 98.1 Å². The van der Waals surface area contributed by atoms with Crippen molar-refractivity contribution in [2.24, 2.45) is 0 Å². The highest BCUT2D eigenvalue weighted by molar-refractivity contribution is 5.97. The number of carbonyl (C=O) groups excluding carboxylic acids is 2. The number of hydrogen-bond donors (Lipinski definition) is 0. The average Bonchev–Trinajstić information content (AvgIpc) is 2.79.